The van der Waals surface area contributed by atoms with E-state index in [1.54, 1.807) is 30.4 Å². The summed E-state index contributed by atoms with van der Waals surface area (Å²) in [6, 6.07) is 4.56. The third-order valence-electron chi connectivity index (χ3n) is 9.76. The van der Waals surface area contributed by atoms with Crippen molar-refractivity contribution < 1.29 is 73.5 Å². The zero-order chi connectivity index (χ0) is 35.7. The van der Waals surface area contributed by atoms with Gasteiger partial charge in [-0.05, 0) is 18.1 Å². The molecule has 13 unspecified atom stereocenters. The molecule has 8 N–H and O–H groups in total. The first-order valence-electron chi connectivity index (χ1n) is 16.4. The van der Waals surface area contributed by atoms with Crippen LogP contribution in [0.5, 0.6) is 0 Å². The molecule has 1 saturated carbocycles. The van der Waals surface area contributed by atoms with Crippen molar-refractivity contribution in [2.45, 2.75) is 93.2 Å². The highest BCUT2D eigenvalue weighted by Gasteiger charge is 2.74. The lowest BCUT2D eigenvalue weighted by molar-refractivity contribution is -0.298. The monoisotopic (exact) mass is 709 g/mol. The van der Waals surface area contributed by atoms with Crippen molar-refractivity contribution in [2.75, 3.05) is 33.2 Å². The molecule has 4 heterocycles. The molecule has 0 radical (unpaired) electrons. The van der Waals surface area contributed by atoms with Crippen LogP contribution >= 0.6 is 0 Å². The van der Waals surface area contributed by atoms with Crippen LogP contribution in [0.25, 0.3) is 6.08 Å². The van der Waals surface area contributed by atoms with Crippen LogP contribution in [0.2, 0.25) is 0 Å². The predicted octanol–water partition coefficient (Wildman–Crippen LogP) is -3.97. The molecule has 4 saturated heterocycles. The maximum absolute atomic E-state index is 14.3. The summed E-state index contributed by atoms with van der Waals surface area (Å²) >= 11 is 0. The second-order valence-electron chi connectivity index (χ2n) is 13.0. The van der Waals surface area contributed by atoms with Gasteiger partial charge in [-0.2, -0.15) is 5.06 Å². The lowest BCUT2D eigenvalue weighted by Crippen LogP contribution is -2.71. The van der Waals surface area contributed by atoms with E-state index in [9.17, 15) is 39.9 Å². The molecule has 13 atom stereocenters. The SMILES string of the molecule is CC(O)C(NC(=O)C12CC3OC(=O)C1N(Cc1cccc(C=CCOC4OC(CO)C(O)C(O)C4O)c1)OC2C1OCOC31)C(=O)NCCO. The number of nitrogens with zero attached hydrogens (tertiary/aromatic N) is 1. The number of ether oxygens (including phenoxy) is 5. The third kappa shape index (κ3) is 6.79. The number of carbonyl (C=O) groups excluding carboxylic acids is 3. The molecule has 2 amide bonds. The molecule has 0 aromatic heterocycles. The molecule has 6 rings (SSSR count). The number of hydrogen-bond donors (Lipinski definition) is 8. The first-order valence-corrected chi connectivity index (χ1v) is 16.4. The summed E-state index contributed by atoms with van der Waals surface area (Å²) in [4.78, 5) is 47.1. The van der Waals surface area contributed by atoms with E-state index in [1.165, 1.54) is 12.0 Å². The number of fused-ring (bicyclic) bond motifs is 4. The van der Waals surface area contributed by atoms with E-state index in [0.29, 0.717) is 5.56 Å². The van der Waals surface area contributed by atoms with Gasteiger partial charge in [0.1, 0.15) is 67.1 Å². The summed E-state index contributed by atoms with van der Waals surface area (Å²) in [5.41, 5.74) is -0.161. The summed E-state index contributed by atoms with van der Waals surface area (Å²) in [7, 11) is 0. The highest BCUT2D eigenvalue weighted by Crippen LogP contribution is 2.55. The second kappa shape index (κ2) is 15.2. The molecule has 2 bridgehead atoms. The molecule has 1 aromatic carbocycles. The molecule has 18 nitrogen and oxygen atoms in total. The van der Waals surface area contributed by atoms with Gasteiger partial charge in [-0.3, -0.25) is 19.2 Å². The molecule has 4 aliphatic heterocycles. The van der Waals surface area contributed by atoms with Gasteiger partial charge in [-0.25, -0.2) is 0 Å². The number of rotatable bonds is 13. The zero-order valence-electron chi connectivity index (χ0n) is 27.1. The Bertz CT molecular complexity index is 1430. The Morgan fingerprint density at radius 2 is 1.92 bits per heavy atom. The topological polar surface area (TPSA) is 255 Å². The molecule has 18 heteroatoms. The minimum atomic E-state index is -1.57. The Morgan fingerprint density at radius 1 is 1.14 bits per heavy atom. The Kier molecular flexibility index (Phi) is 11.2. The Balaban J connectivity index is 1.18. The van der Waals surface area contributed by atoms with Crippen molar-refractivity contribution in [1.29, 1.82) is 0 Å². The van der Waals surface area contributed by atoms with Crippen molar-refractivity contribution in [2.24, 2.45) is 5.41 Å². The quantitative estimate of drug-likeness (QED) is 0.0909. The molecule has 276 valence electrons. The summed E-state index contributed by atoms with van der Waals surface area (Å²) in [6.45, 7) is 0.218. The Hall–Kier alpha value is -3.11. The van der Waals surface area contributed by atoms with E-state index in [4.69, 9.17) is 33.6 Å². The fourth-order valence-corrected chi connectivity index (χ4v) is 7.32. The van der Waals surface area contributed by atoms with Crippen molar-refractivity contribution in [3.8, 4) is 0 Å². The van der Waals surface area contributed by atoms with E-state index < -0.39 is 103 Å². The fourth-order valence-electron chi connectivity index (χ4n) is 7.32. The standard InChI is InChI=1S/C32H43N3O15/c1-15(38)20(28(42)33-7-8-36)34-31(44)32-11-18-24-25(47-14-46-24)27(32)50-35(26(32)29(43)48-18)12-17-5-2-4-16(10-17)6-3-9-45-30-23(41)22(40)21(39)19(13-37)49-30/h2-6,10,15,18-27,30,36-41H,7-9,11-14H2,1H3,(H,33,42)(H,34,44). The van der Waals surface area contributed by atoms with E-state index in [0.717, 1.165) is 5.56 Å². The van der Waals surface area contributed by atoms with Gasteiger partial charge in [-0.1, -0.05) is 36.4 Å². The van der Waals surface area contributed by atoms with Gasteiger partial charge < -0.3 is 65.0 Å². The number of aliphatic hydroxyl groups excluding tert-OH is 6. The average Bonchev–Trinajstić information content (AvgIpc) is 3.72. The largest absolute Gasteiger partial charge is 0.458 e. The average molecular weight is 710 g/mol. The van der Waals surface area contributed by atoms with Gasteiger partial charge in [0.05, 0.1) is 32.5 Å². The molecule has 5 fully saturated rings. The smallest absolute Gasteiger partial charge is 0.327 e. The number of aliphatic hydroxyl groups is 6. The van der Waals surface area contributed by atoms with Crippen LogP contribution in [0.4, 0.5) is 0 Å². The zero-order valence-corrected chi connectivity index (χ0v) is 27.1. The van der Waals surface area contributed by atoms with Crippen molar-refractivity contribution in [3.05, 3.63) is 41.5 Å². The normalized spacial score (nSPS) is 37.6. The van der Waals surface area contributed by atoms with Gasteiger partial charge in [-0.15, -0.1) is 0 Å². The number of esters is 1. The Morgan fingerprint density at radius 3 is 2.66 bits per heavy atom. The van der Waals surface area contributed by atoms with E-state index in [2.05, 4.69) is 10.6 Å². The van der Waals surface area contributed by atoms with Crippen molar-refractivity contribution in [1.82, 2.24) is 15.7 Å². The van der Waals surface area contributed by atoms with Crippen LogP contribution in [0, 0.1) is 5.41 Å². The predicted molar refractivity (Wildman–Crippen MR) is 165 cm³/mol. The van der Waals surface area contributed by atoms with E-state index in [-0.39, 0.29) is 39.5 Å². The Labute approximate surface area is 286 Å². The fraction of sp³-hybridized carbons (Fsp3) is 0.656. The van der Waals surface area contributed by atoms with Gasteiger partial charge in [0.25, 0.3) is 0 Å². The lowest BCUT2D eigenvalue weighted by atomic mass is 9.62. The summed E-state index contributed by atoms with van der Waals surface area (Å²) in [6.07, 6.45) is -8.16. The number of nitrogens with one attached hydrogen (secondary N) is 2. The van der Waals surface area contributed by atoms with Gasteiger partial charge in [0.2, 0.25) is 11.8 Å². The highest BCUT2D eigenvalue weighted by atomic mass is 16.8. The highest BCUT2D eigenvalue weighted by molar-refractivity contribution is 5.96. The minimum Gasteiger partial charge on any atom is -0.458 e. The summed E-state index contributed by atoms with van der Waals surface area (Å²) in [5.74, 6) is -2.13. The first kappa shape index (κ1) is 36.7. The maximum Gasteiger partial charge on any atom is 0.327 e. The van der Waals surface area contributed by atoms with Crippen molar-refractivity contribution >= 4 is 23.9 Å². The summed E-state index contributed by atoms with van der Waals surface area (Å²) in [5, 5.41) is 65.5. The van der Waals surface area contributed by atoms with Gasteiger partial charge in [0.15, 0.2) is 12.3 Å². The maximum atomic E-state index is 14.3. The van der Waals surface area contributed by atoms with Gasteiger partial charge in [0, 0.05) is 13.0 Å². The first-order chi connectivity index (χ1) is 24.0. The molecule has 0 spiro atoms. The number of hydrogen-bond acceptors (Lipinski definition) is 16. The van der Waals surface area contributed by atoms with Crippen molar-refractivity contribution in [3.63, 3.8) is 0 Å². The van der Waals surface area contributed by atoms with Crippen LogP contribution in [-0.4, -0.2) is 160 Å². The summed E-state index contributed by atoms with van der Waals surface area (Å²) < 4.78 is 28.2. The molecule has 1 aromatic rings. The molecule has 50 heavy (non-hydrogen) atoms. The second-order valence-corrected chi connectivity index (χ2v) is 13.0. The van der Waals surface area contributed by atoms with Gasteiger partial charge >= 0.3 is 5.97 Å². The van der Waals surface area contributed by atoms with Crippen LogP contribution in [-0.2, 0) is 49.5 Å². The van der Waals surface area contributed by atoms with Crippen LogP contribution in [0.3, 0.4) is 0 Å². The van der Waals surface area contributed by atoms with Crippen LogP contribution in [0.15, 0.2) is 30.3 Å². The minimum absolute atomic E-state index is 0.0168. The lowest BCUT2D eigenvalue weighted by Gasteiger charge is -2.49. The third-order valence-corrected chi connectivity index (χ3v) is 9.76. The van der Waals surface area contributed by atoms with E-state index >= 15 is 0 Å². The molecule has 5 aliphatic rings. The molecular formula is C32H43N3O15. The number of benzene rings is 1. The number of hydroxylamine groups is 2. The number of carbonyl (C=O) groups is 3. The van der Waals surface area contributed by atoms with Crippen LogP contribution < -0.4 is 10.6 Å². The van der Waals surface area contributed by atoms with E-state index in [1.807, 2.05) is 6.07 Å². The molecule has 1 aliphatic carbocycles. The molecular weight excluding hydrogens is 666 g/mol. The van der Waals surface area contributed by atoms with Crippen LogP contribution in [0.1, 0.15) is 24.5 Å². The number of amides is 2.